The van der Waals surface area contributed by atoms with E-state index in [1.165, 1.54) is 89.9 Å². The molecule has 0 aromatic carbocycles. The third kappa shape index (κ3) is 34.0. The minimum Gasteiger partial charge on any atom is -0.462 e. The summed E-state index contributed by atoms with van der Waals surface area (Å²) in [5.41, 5.74) is 0. The average Bonchev–Trinajstić information content (AvgIpc) is 3.25. The zero-order valence-electron chi connectivity index (χ0n) is 40.2. The number of allylic oxidation sites excluding steroid dienone is 2. The molecule has 1 fully saturated rings. The number of ether oxygens (including phenoxy) is 2. The van der Waals surface area contributed by atoms with Gasteiger partial charge >= 0.3 is 35.4 Å². The number of phosphoric ester groups is 3. The molecule has 19 nitrogen and oxygen atoms in total. The fourth-order valence-electron chi connectivity index (χ4n) is 7.81. The van der Waals surface area contributed by atoms with Gasteiger partial charge in [-0.05, 0) is 38.5 Å². The molecular formula is C45H87O19P3. The van der Waals surface area contributed by atoms with Crippen LogP contribution in [0.25, 0.3) is 0 Å². The van der Waals surface area contributed by atoms with Crippen LogP contribution in [0.15, 0.2) is 12.2 Å². The maximum atomic E-state index is 13.1. The number of carbonyl (C=O) groups excluding carboxylic acids is 2. The average molecular weight is 1030 g/mol. The van der Waals surface area contributed by atoms with Crippen molar-refractivity contribution in [3.63, 3.8) is 0 Å². The monoisotopic (exact) mass is 1020 g/mol. The number of esters is 2. The highest BCUT2D eigenvalue weighted by molar-refractivity contribution is 7.47. The second-order valence-corrected chi connectivity index (χ2v) is 21.5. The van der Waals surface area contributed by atoms with E-state index in [-0.39, 0.29) is 12.8 Å². The van der Waals surface area contributed by atoms with Crippen molar-refractivity contribution in [3.05, 3.63) is 12.2 Å². The summed E-state index contributed by atoms with van der Waals surface area (Å²) in [6.45, 7) is 2.95. The Hall–Kier alpha value is -1.11. The highest BCUT2D eigenvalue weighted by atomic mass is 31.2. The summed E-state index contributed by atoms with van der Waals surface area (Å²) in [5.74, 6) is -1.29. The molecule has 8 N–H and O–H groups in total. The molecule has 396 valence electrons. The summed E-state index contributed by atoms with van der Waals surface area (Å²) < 4.78 is 65.5. The van der Waals surface area contributed by atoms with Crippen LogP contribution in [0.5, 0.6) is 0 Å². The standard InChI is InChI=1S/C45H87O19P3/c1-3-5-7-9-11-13-15-17-18-19-20-22-24-26-28-30-32-34-39(47)61-37(35-59-38(46)33-31-29-27-25-23-21-16-14-12-10-8-6-4-2)36-60-67(57,58)64-43-40(48)41(49)44(62-65(51,52)53)45(42(43)50)63-66(54,55)56/h17-18,37,40-45,48-50H,3-16,19-36H2,1-2H3,(H,57,58)(H2,51,52,53)(H2,54,55,56)/b18-17-/t37-,40?,41?,42?,43+,44?,45+/m1/s1. The molecule has 67 heavy (non-hydrogen) atoms. The van der Waals surface area contributed by atoms with Gasteiger partial charge in [0.05, 0.1) is 6.61 Å². The number of hydrogen-bond donors (Lipinski definition) is 8. The molecule has 0 saturated heterocycles. The van der Waals surface area contributed by atoms with Crippen molar-refractivity contribution >= 4 is 35.4 Å². The van der Waals surface area contributed by atoms with Crippen LogP contribution in [0.4, 0.5) is 0 Å². The molecular weight excluding hydrogens is 937 g/mol. The summed E-state index contributed by atoms with van der Waals surface area (Å²) in [5, 5.41) is 31.9. The third-order valence-corrected chi connectivity index (χ3v) is 13.6. The van der Waals surface area contributed by atoms with E-state index in [1.54, 1.807) is 0 Å². The summed E-state index contributed by atoms with van der Waals surface area (Å²) in [6, 6.07) is 0. The fourth-order valence-corrected chi connectivity index (χ4v) is 9.91. The molecule has 1 rings (SSSR count). The van der Waals surface area contributed by atoms with Crippen LogP contribution < -0.4 is 0 Å². The van der Waals surface area contributed by atoms with Gasteiger partial charge < -0.3 is 49.3 Å². The number of unbranched alkanes of at least 4 members (excludes halogenated alkanes) is 25. The van der Waals surface area contributed by atoms with E-state index in [0.29, 0.717) is 12.8 Å². The van der Waals surface area contributed by atoms with Gasteiger partial charge in [0.25, 0.3) is 0 Å². The molecule has 0 spiro atoms. The van der Waals surface area contributed by atoms with E-state index in [9.17, 15) is 63.1 Å². The van der Waals surface area contributed by atoms with Gasteiger partial charge in [0.15, 0.2) is 6.10 Å². The summed E-state index contributed by atoms with van der Waals surface area (Å²) in [6.07, 6.45) is 19.4. The first-order valence-corrected chi connectivity index (χ1v) is 29.5. The molecule has 1 saturated carbocycles. The van der Waals surface area contributed by atoms with Crippen LogP contribution >= 0.6 is 23.5 Å². The van der Waals surface area contributed by atoms with Crippen molar-refractivity contribution in [1.82, 2.24) is 0 Å². The maximum absolute atomic E-state index is 13.1. The topological polar surface area (TPSA) is 303 Å². The van der Waals surface area contributed by atoms with E-state index >= 15 is 0 Å². The van der Waals surface area contributed by atoms with Crippen LogP contribution in [0, 0.1) is 0 Å². The predicted octanol–water partition coefficient (Wildman–Crippen LogP) is 9.29. The van der Waals surface area contributed by atoms with Crippen molar-refractivity contribution < 1.29 is 90.6 Å². The molecule has 0 amide bonds. The van der Waals surface area contributed by atoms with Gasteiger partial charge in [-0.3, -0.25) is 27.7 Å². The number of carbonyl (C=O) groups is 2. The molecule has 0 radical (unpaired) electrons. The van der Waals surface area contributed by atoms with Crippen molar-refractivity contribution in [2.75, 3.05) is 13.2 Å². The van der Waals surface area contributed by atoms with Gasteiger partial charge in [-0.15, -0.1) is 0 Å². The maximum Gasteiger partial charge on any atom is 0.472 e. The second-order valence-electron chi connectivity index (χ2n) is 17.8. The van der Waals surface area contributed by atoms with Crippen LogP contribution in [0.1, 0.15) is 206 Å². The Balaban J connectivity index is 2.70. The molecule has 5 unspecified atom stereocenters. The number of rotatable bonds is 43. The first kappa shape index (κ1) is 63.9. The first-order valence-electron chi connectivity index (χ1n) is 25.0. The molecule has 8 atom stereocenters. The molecule has 0 aliphatic heterocycles. The van der Waals surface area contributed by atoms with Crippen molar-refractivity contribution in [2.45, 2.75) is 249 Å². The molecule has 1 aliphatic rings. The zero-order chi connectivity index (χ0) is 50.0. The Morgan fingerprint density at radius 3 is 1.24 bits per heavy atom. The van der Waals surface area contributed by atoms with E-state index in [4.69, 9.17) is 18.5 Å². The molecule has 0 bridgehead atoms. The third-order valence-electron chi connectivity index (χ3n) is 11.6. The van der Waals surface area contributed by atoms with Crippen LogP contribution in [-0.2, 0) is 50.9 Å². The lowest BCUT2D eigenvalue weighted by Gasteiger charge is -2.44. The fraction of sp³-hybridized carbons (Fsp3) is 0.911. The first-order chi connectivity index (χ1) is 31.8. The quantitative estimate of drug-likeness (QED) is 0.0122. The second kappa shape index (κ2) is 37.6. The number of phosphoric acid groups is 3. The van der Waals surface area contributed by atoms with Gasteiger partial charge in [-0.25, -0.2) is 13.7 Å². The van der Waals surface area contributed by atoms with Crippen LogP contribution in [-0.4, -0.2) is 108 Å². The Bertz CT molecular complexity index is 1460. The van der Waals surface area contributed by atoms with Crippen molar-refractivity contribution in [1.29, 1.82) is 0 Å². The molecule has 1 aliphatic carbocycles. The molecule has 0 heterocycles. The number of hydrogen-bond acceptors (Lipinski definition) is 14. The highest BCUT2D eigenvalue weighted by Gasteiger charge is 2.56. The lowest BCUT2D eigenvalue weighted by molar-refractivity contribution is -0.213. The summed E-state index contributed by atoms with van der Waals surface area (Å²) in [4.78, 5) is 73.2. The van der Waals surface area contributed by atoms with Crippen molar-refractivity contribution in [2.24, 2.45) is 0 Å². The normalized spacial score (nSPS) is 21.6. The van der Waals surface area contributed by atoms with E-state index in [1.807, 2.05) is 0 Å². The Morgan fingerprint density at radius 1 is 0.463 bits per heavy atom. The van der Waals surface area contributed by atoms with Gasteiger partial charge in [0, 0.05) is 12.8 Å². The van der Waals surface area contributed by atoms with Crippen LogP contribution in [0.3, 0.4) is 0 Å². The molecule has 0 aromatic heterocycles. The zero-order valence-corrected chi connectivity index (χ0v) is 42.9. The minimum absolute atomic E-state index is 0.00273. The van der Waals surface area contributed by atoms with Crippen molar-refractivity contribution in [3.8, 4) is 0 Å². The minimum atomic E-state index is -5.60. The van der Waals surface area contributed by atoms with E-state index in [0.717, 1.165) is 77.0 Å². The van der Waals surface area contributed by atoms with Crippen LogP contribution in [0.2, 0.25) is 0 Å². The lowest BCUT2D eigenvalue weighted by atomic mass is 9.85. The molecule has 0 aromatic rings. The predicted molar refractivity (Wildman–Crippen MR) is 252 cm³/mol. The van der Waals surface area contributed by atoms with E-state index < -0.39 is 91.3 Å². The number of aliphatic hydroxyl groups is 3. The Kier molecular flexibility index (Phi) is 35.9. The van der Waals surface area contributed by atoms with Gasteiger partial charge in [-0.1, -0.05) is 167 Å². The summed E-state index contributed by atoms with van der Waals surface area (Å²) in [7, 11) is -16.6. The highest BCUT2D eigenvalue weighted by Crippen LogP contribution is 2.51. The Labute approximate surface area is 399 Å². The van der Waals surface area contributed by atoms with Gasteiger partial charge in [0.1, 0.15) is 43.2 Å². The van der Waals surface area contributed by atoms with Gasteiger partial charge in [0.2, 0.25) is 0 Å². The Morgan fingerprint density at radius 2 is 0.821 bits per heavy atom. The lowest BCUT2D eigenvalue weighted by Crippen LogP contribution is -2.65. The largest absolute Gasteiger partial charge is 0.472 e. The van der Waals surface area contributed by atoms with Gasteiger partial charge in [-0.2, -0.15) is 0 Å². The van der Waals surface area contributed by atoms with E-state index in [2.05, 4.69) is 35.0 Å². The SMILES string of the molecule is CCCCCCCC/C=C\CCCCCCCCCC(=O)O[C@H](COC(=O)CCCCCCCCCCCCCCC)COP(=O)(O)O[C@H]1C(O)C(O)C(OP(=O)(O)O)[C@@H](OP(=O)(O)O)C1O. The number of aliphatic hydroxyl groups excluding tert-OH is 3. The summed E-state index contributed by atoms with van der Waals surface area (Å²) >= 11 is 0. The molecule has 22 heteroatoms. The smallest absolute Gasteiger partial charge is 0.462 e.